The molecule has 0 radical (unpaired) electrons. The maximum absolute atomic E-state index is 13.6. The molecule has 0 bridgehead atoms. The van der Waals surface area contributed by atoms with Crippen LogP contribution in [0.1, 0.15) is 36.4 Å². The average molecular weight is 569 g/mol. The number of halogens is 3. The fourth-order valence-electron chi connectivity index (χ4n) is 5.17. The van der Waals surface area contributed by atoms with Crippen LogP contribution in [0.4, 0.5) is 13.2 Å². The largest absolute Gasteiger partial charge is 0.459 e. The second kappa shape index (κ2) is 11.1. The second-order valence-electron chi connectivity index (χ2n) is 10.8. The number of nitrogens with zero attached hydrogens (tertiary/aromatic N) is 2. The zero-order valence-electron chi connectivity index (χ0n) is 22.4. The van der Waals surface area contributed by atoms with Gasteiger partial charge in [-0.05, 0) is 48.1 Å². The molecule has 216 valence electrons. The Balaban J connectivity index is 1.17. The van der Waals surface area contributed by atoms with Crippen LogP contribution in [-0.4, -0.2) is 68.9 Å². The first-order valence-electron chi connectivity index (χ1n) is 13.7. The Hall–Kier alpha value is -3.51. The summed E-state index contributed by atoms with van der Waals surface area (Å²) in [6.45, 7) is 1.92. The molecule has 4 aromatic rings. The summed E-state index contributed by atoms with van der Waals surface area (Å²) >= 11 is 0. The Labute approximate surface area is 234 Å². The lowest BCUT2D eigenvalue weighted by molar-refractivity contribution is -0.158. The highest BCUT2D eigenvalue weighted by atomic mass is 19.4. The number of rotatable bonds is 8. The van der Waals surface area contributed by atoms with Gasteiger partial charge in [-0.15, -0.1) is 0 Å². The van der Waals surface area contributed by atoms with E-state index in [4.69, 9.17) is 14.5 Å². The van der Waals surface area contributed by atoms with Crippen LogP contribution in [0.15, 0.2) is 54.6 Å². The summed E-state index contributed by atoms with van der Waals surface area (Å²) in [5.41, 5.74) is 5.65. The van der Waals surface area contributed by atoms with E-state index in [-0.39, 0.29) is 30.8 Å². The molecule has 4 atom stereocenters. The lowest BCUT2D eigenvalue weighted by Gasteiger charge is -2.31. The predicted molar refractivity (Wildman–Crippen MR) is 146 cm³/mol. The zero-order valence-corrected chi connectivity index (χ0v) is 22.4. The van der Waals surface area contributed by atoms with Gasteiger partial charge < -0.3 is 24.7 Å². The smallest absolute Gasteiger partial charge is 0.407 e. The van der Waals surface area contributed by atoms with Crippen molar-refractivity contribution in [1.29, 1.82) is 0 Å². The maximum atomic E-state index is 13.6. The van der Waals surface area contributed by atoms with Crippen molar-refractivity contribution in [2.75, 3.05) is 13.2 Å². The van der Waals surface area contributed by atoms with Gasteiger partial charge in [0.15, 0.2) is 5.65 Å². The van der Waals surface area contributed by atoms with Crippen LogP contribution in [0, 0.1) is 6.92 Å². The monoisotopic (exact) mass is 568 g/mol. The van der Waals surface area contributed by atoms with E-state index >= 15 is 0 Å². The van der Waals surface area contributed by atoms with Crippen molar-refractivity contribution in [2.24, 2.45) is 0 Å². The SMILES string of the molecule is Cc1cc2[nH]c(O[C@H]3CO[C@H](CO)[C@@H](O)C3)nc2nc1-c1ccc(-c2ccc(C(NC3CC3)C(F)(F)F)cc2)cc1. The first-order chi connectivity index (χ1) is 19.7. The third kappa shape index (κ3) is 6.08. The summed E-state index contributed by atoms with van der Waals surface area (Å²) in [7, 11) is 0. The van der Waals surface area contributed by atoms with Gasteiger partial charge >= 0.3 is 6.18 Å². The van der Waals surface area contributed by atoms with E-state index in [0.717, 1.165) is 40.8 Å². The molecule has 0 spiro atoms. The molecule has 41 heavy (non-hydrogen) atoms. The van der Waals surface area contributed by atoms with Crippen molar-refractivity contribution in [2.45, 2.75) is 62.8 Å². The van der Waals surface area contributed by atoms with Crippen LogP contribution in [0.5, 0.6) is 6.01 Å². The number of imidazole rings is 1. The summed E-state index contributed by atoms with van der Waals surface area (Å²) in [5, 5.41) is 22.0. The summed E-state index contributed by atoms with van der Waals surface area (Å²) in [5.74, 6) is 0. The molecule has 2 aromatic carbocycles. The number of aliphatic hydroxyl groups is 2. The van der Waals surface area contributed by atoms with Crippen molar-refractivity contribution in [3.63, 3.8) is 0 Å². The maximum Gasteiger partial charge on any atom is 0.407 e. The van der Waals surface area contributed by atoms with E-state index in [0.29, 0.717) is 17.6 Å². The van der Waals surface area contributed by atoms with Crippen molar-refractivity contribution in [3.8, 4) is 28.4 Å². The number of hydrogen-bond acceptors (Lipinski definition) is 7. The average Bonchev–Trinajstić information content (AvgIpc) is 3.69. The Morgan fingerprint density at radius 1 is 1.05 bits per heavy atom. The van der Waals surface area contributed by atoms with Gasteiger partial charge in [0.05, 0.1) is 30.5 Å². The van der Waals surface area contributed by atoms with Crippen LogP contribution < -0.4 is 10.1 Å². The zero-order chi connectivity index (χ0) is 28.7. The number of ether oxygens (including phenoxy) is 2. The summed E-state index contributed by atoms with van der Waals surface area (Å²) in [4.78, 5) is 12.3. The molecule has 0 amide bonds. The van der Waals surface area contributed by atoms with Gasteiger partial charge in [-0.2, -0.15) is 18.2 Å². The number of aromatic nitrogens is 3. The van der Waals surface area contributed by atoms with Crippen LogP contribution in [0.25, 0.3) is 33.5 Å². The number of fused-ring (bicyclic) bond motifs is 1. The molecule has 1 aliphatic carbocycles. The van der Waals surface area contributed by atoms with E-state index < -0.39 is 30.5 Å². The minimum atomic E-state index is -4.35. The van der Waals surface area contributed by atoms with E-state index in [9.17, 15) is 23.4 Å². The minimum absolute atomic E-state index is 0.0632. The molecule has 6 rings (SSSR count). The number of aryl methyl sites for hydroxylation is 1. The molecular weight excluding hydrogens is 537 g/mol. The van der Waals surface area contributed by atoms with Crippen molar-refractivity contribution < 1.29 is 32.9 Å². The van der Waals surface area contributed by atoms with Gasteiger partial charge in [-0.3, -0.25) is 5.32 Å². The van der Waals surface area contributed by atoms with Crippen molar-refractivity contribution in [1.82, 2.24) is 20.3 Å². The summed E-state index contributed by atoms with van der Waals surface area (Å²) in [6, 6.07) is 14.7. The Morgan fingerprint density at radius 2 is 1.71 bits per heavy atom. The van der Waals surface area contributed by atoms with Crippen molar-refractivity contribution >= 4 is 11.2 Å². The number of nitrogens with one attached hydrogen (secondary N) is 2. The van der Waals surface area contributed by atoms with Gasteiger partial charge in [0, 0.05) is 18.0 Å². The number of pyridine rings is 1. The number of aromatic amines is 1. The molecule has 1 aliphatic heterocycles. The fourth-order valence-corrected chi connectivity index (χ4v) is 5.17. The Bertz CT molecular complexity index is 1500. The van der Waals surface area contributed by atoms with E-state index in [1.807, 2.05) is 37.3 Å². The molecule has 8 nitrogen and oxygen atoms in total. The lowest BCUT2D eigenvalue weighted by Crippen LogP contribution is -2.45. The Kier molecular flexibility index (Phi) is 7.45. The van der Waals surface area contributed by atoms with Gasteiger partial charge in [-0.1, -0.05) is 48.5 Å². The van der Waals surface area contributed by atoms with E-state index in [1.165, 1.54) is 0 Å². The third-order valence-corrected chi connectivity index (χ3v) is 7.57. The number of benzene rings is 2. The lowest BCUT2D eigenvalue weighted by atomic mass is 9.98. The first-order valence-corrected chi connectivity index (χ1v) is 13.7. The quantitative estimate of drug-likeness (QED) is 0.241. The first kappa shape index (κ1) is 27.6. The molecule has 1 saturated heterocycles. The number of aliphatic hydroxyl groups excluding tert-OH is 2. The molecule has 1 unspecified atom stereocenters. The predicted octanol–water partition coefficient (Wildman–Crippen LogP) is 4.85. The van der Waals surface area contributed by atoms with Gasteiger partial charge in [0.25, 0.3) is 6.01 Å². The van der Waals surface area contributed by atoms with E-state index in [1.54, 1.807) is 24.3 Å². The number of alkyl halides is 3. The standard InChI is InChI=1S/C30H31F3N4O4/c1-16-12-23-28(37-29(35-23)41-22-13-24(39)25(14-38)40-15-22)36-26(16)19-6-2-17(3-7-19)18-4-8-20(9-5-18)27(30(31,32)33)34-21-10-11-21/h2-9,12,21-22,24-25,27,34,38-39H,10-11,13-15H2,1H3,(H,35,36,37)/t22-,24+,25-,27?/m1/s1. The molecule has 3 heterocycles. The number of H-pyrrole nitrogens is 1. The fraction of sp³-hybridized carbons (Fsp3) is 0.400. The molecule has 2 aromatic heterocycles. The van der Waals surface area contributed by atoms with Gasteiger partial charge in [-0.25, -0.2) is 4.98 Å². The summed E-state index contributed by atoms with van der Waals surface area (Å²) < 4.78 is 52.1. The summed E-state index contributed by atoms with van der Waals surface area (Å²) in [6.07, 6.45) is -4.33. The van der Waals surface area contributed by atoms with Crippen LogP contribution in [0.2, 0.25) is 0 Å². The number of hydrogen-bond donors (Lipinski definition) is 4. The highest BCUT2D eigenvalue weighted by Crippen LogP contribution is 2.37. The van der Waals surface area contributed by atoms with Crippen LogP contribution >= 0.6 is 0 Å². The Morgan fingerprint density at radius 3 is 2.32 bits per heavy atom. The van der Waals surface area contributed by atoms with Crippen LogP contribution in [-0.2, 0) is 4.74 Å². The van der Waals surface area contributed by atoms with Gasteiger partial charge in [0.2, 0.25) is 0 Å². The molecule has 11 heteroatoms. The van der Waals surface area contributed by atoms with E-state index in [2.05, 4.69) is 15.3 Å². The van der Waals surface area contributed by atoms with Gasteiger partial charge in [0.1, 0.15) is 18.2 Å². The van der Waals surface area contributed by atoms with Crippen molar-refractivity contribution in [3.05, 3.63) is 65.7 Å². The minimum Gasteiger partial charge on any atom is -0.459 e. The molecule has 2 aliphatic rings. The van der Waals surface area contributed by atoms with Crippen LogP contribution in [0.3, 0.4) is 0 Å². The normalized spacial score (nSPS) is 22.1. The molecule has 4 N–H and O–H groups in total. The molecule has 2 fully saturated rings. The molecule has 1 saturated carbocycles. The third-order valence-electron chi connectivity index (χ3n) is 7.57. The molecular formula is C30H31F3N4O4. The topological polar surface area (TPSA) is 113 Å². The second-order valence-corrected chi connectivity index (χ2v) is 10.8. The highest BCUT2D eigenvalue weighted by molar-refractivity contribution is 5.79. The highest BCUT2D eigenvalue weighted by Gasteiger charge is 2.43.